The van der Waals surface area contributed by atoms with E-state index in [1.54, 1.807) is 6.07 Å². The number of halogens is 3. The summed E-state index contributed by atoms with van der Waals surface area (Å²) in [4.78, 5) is 0. The number of alkyl halides is 3. The van der Waals surface area contributed by atoms with E-state index in [4.69, 9.17) is 0 Å². The smallest absolute Gasteiger partial charge is 0.166 e. The molecule has 0 unspecified atom stereocenters. The summed E-state index contributed by atoms with van der Waals surface area (Å²) < 4.78 is 38.1. The Morgan fingerprint density at radius 1 is 1.06 bits per heavy atom. The van der Waals surface area contributed by atoms with E-state index in [2.05, 4.69) is 0 Å². The summed E-state index contributed by atoms with van der Waals surface area (Å²) in [5.41, 5.74) is 0.696. The molecule has 1 aliphatic carbocycles. The summed E-state index contributed by atoms with van der Waals surface area (Å²) in [7, 11) is 0. The van der Waals surface area contributed by atoms with Crippen LogP contribution in [0.2, 0.25) is 0 Å². The third kappa shape index (κ3) is 3.50. The van der Waals surface area contributed by atoms with Gasteiger partial charge in [0.15, 0.2) is 0 Å². The zero-order valence-electron chi connectivity index (χ0n) is 11.3. The highest BCUT2D eigenvalue weighted by Gasteiger charge is 2.33. The highest BCUT2D eigenvalue weighted by molar-refractivity contribution is 5.35. The maximum Gasteiger partial charge on any atom is 0.416 e. The van der Waals surface area contributed by atoms with Gasteiger partial charge in [-0.25, -0.2) is 0 Å². The molecule has 0 N–H and O–H groups in total. The molecule has 1 aromatic carbocycles. The molecule has 102 valence electrons. The van der Waals surface area contributed by atoms with Crippen molar-refractivity contribution in [2.75, 3.05) is 0 Å². The monoisotopic (exact) mass is 258 g/mol. The van der Waals surface area contributed by atoms with Crippen molar-refractivity contribution < 1.29 is 13.2 Å². The molecule has 0 aromatic heterocycles. The van der Waals surface area contributed by atoms with Crippen molar-refractivity contribution in [3.8, 4) is 0 Å². The van der Waals surface area contributed by atoms with Crippen LogP contribution in [0.3, 0.4) is 0 Å². The summed E-state index contributed by atoms with van der Waals surface area (Å²) in [5, 5.41) is 0. The maximum atomic E-state index is 12.7. The van der Waals surface area contributed by atoms with Gasteiger partial charge in [-0.05, 0) is 42.9 Å². The van der Waals surface area contributed by atoms with Crippen molar-refractivity contribution in [2.45, 2.75) is 58.5 Å². The van der Waals surface area contributed by atoms with Gasteiger partial charge in [0.25, 0.3) is 0 Å². The SMILES string of the molecule is CC.Cc1ccc(C2CCCC2)cc1C(F)(F)F. The van der Waals surface area contributed by atoms with E-state index in [-0.39, 0.29) is 0 Å². The predicted octanol–water partition coefficient (Wildman–Crippen LogP) is 5.70. The molecule has 0 amide bonds. The van der Waals surface area contributed by atoms with Crippen molar-refractivity contribution in [3.63, 3.8) is 0 Å². The third-order valence-electron chi connectivity index (χ3n) is 3.39. The van der Waals surface area contributed by atoms with E-state index in [0.29, 0.717) is 11.5 Å². The predicted molar refractivity (Wildman–Crippen MR) is 68.7 cm³/mol. The third-order valence-corrected chi connectivity index (χ3v) is 3.39. The van der Waals surface area contributed by atoms with Crippen LogP contribution >= 0.6 is 0 Å². The quantitative estimate of drug-likeness (QED) is 0.606. The van der Waals surface area contributed by atoms with Crippen LogP contribution in [0.4, 0.5) is 13.2 Å². The summed E-state index contributed by atoms with van der Waals surface area (Å²) in [6.45, 7) is 5.52. The van der Waals surface area contributed by atoms with Gasteiger partial charge in [0.1, 0.15) is 0 Å². The lowest BCUT2D eigenvalue weighted by atomic mass is 9.94. The average Bonchev–Trinajstić information content (AvgIpc) is 2.84. The summed E-state index contributed by atoms with van der Waals surface area (Å²) >= 11 is 0. The van der Waals surface area contributed by atoms with Gasteiger partial charge in [0, 0.05) is 0 Å². The molecule has 2 rings (SSSR count). The Labute approximate surface area is 107 Å². The fraction of sp³-hybridized carbons (Fsp3) is 0.600. The lowest BCUT2D eigenvalue weighted by Gasteiger charge is -2.15. The Hall–Kier alpha value is -0.990. The minimum atomic E-state index is -4.22. The van der Waals surface area contributed by atoms with Gasteiger partial charge in [0.05, 0.1) is 5.56 Å². The minimum Gasteiger partial charge on any atom is -0.166 e. The molecule has 1 saturated carbocycles. The molecule has 0 heterocycles. The first kappa shape index (κ1) is 15.1. The molecule has 1 fully saturated rings. The van der Waals surface area contributed by atoms with Gasteiger partial charge in [-0.1, -0.05) is 38.8 Å². The minimum absolute atomic E-state index is 0.314. The van der Waals surface area contributed by atoms with E-state index < -0.39 is 11.7 Å². The standard InChI is InChI=1S/C13H15F3.C2H6/c1-9-6-7-11(10-4-2-3-5-10)8-12(9)13(14,15)16;1-2/h6-8,10H,2-5H2,1H3;1-2H3. The first-order chi connectivity index (χ1) is 8.48. The fourth-order valence-corrected chi connectivity index (χ4v) is 2.46. The number of hydrogen-bond acceptors (Lipinski definition) is 0. The van der Waals surface area contributed by atoms with Crippen LogP contribution in [-0.2, 0) is 6.18 Å². The largest absolute Gasteiger partial charge is 0.416 e. The Morgan fingerprint density at radius 2 is 1.61 bits per heavy atom. The molecule has 18 heavy (non-hydrogen) atoms. The molecule has 0 nitrogen and oxygen atoms in total. The van der Waals surface area contributed by atoms with Crippen LogP contribution in [0.1, 0.15) is 62.1 Å². The maximum absolute atomic E-state index is 12.7. The van der Waals surface area contributed by atoms with Crippen LogP contribution in [-0.4, -0.2) is 0 Å². The summed E-state index contributed by atoms with van der Waals surface area (Å²) in [6, 6.07) is 4.78. The Kier molecular flexibility index (Phi) is 5.24. The molecule has 1 aliphatic rings. The van der Waals surface area contributed by atoms with Gasteiger partial charge in [-0.15, -0.1) is 0 Å². The first-order valence-corrected chi connectivity index (χ1v) is 6.66. The molecule has 0 bridgehead atoms. The molecule has 3 heteroatoms. The van der Waals surface area contributed by atoms with Crippen LogP contribution < -0.4 is 0 Å². The molecule has 0 aliphatic heterocycles. The Balaban J connectivity index is 0.000000771. The molecule has 0 saturated heterocycles. The summed E-state index contributed by atoms with van der Waals surface area (Å²) in [5.74, 6) is 0.335. The van der Waals surface area contributed by atoms with E-state index >= 15 is 0 Å². The molecule has 0 atom stereocenters. The number of rotatable bonds is 1. The average molecular weight is 258 g/mol. The molecular weight excluding hydrogens is 237 g/mol. The van der Waals surface area contributed by atoms with Crippen LogP contribution in [0, 0.1) is 6.92 Å². The topological polar surface area (TPSA) is 0 Å². The van der Waals surface area contributed by atoms with Crippen molar-refractivity contribution >= 4 is 0 Å². The van der Waals surface area contributed by atoms with Gasteiger partial charge in [-0.2, -0.15) is 13.2 Å². The van der Waals surface area contributed by atoms with E-state index in [0.717, 1.165) is 31.2 Å². The van der Waals surface area contributed by atoms with Crippen molar-refractivity contribution in [3.05, 3.63) is 34.9 Å². The number of benzene rings is 1. The molecular formula is C15H21F3. The van der Waals surface area contributed by atoms with Crippen LogP contribution in [0.25, 0.3) is 0 Å². The number of aryl methyl sites for hydroxylation is 1. The van der Waals surface area contributed by atoms with Gasteiger partial charge >= 0.3 is 6.18 Å². The van der Waals surface area contributed by atoms with Crippen LogP contribution in [0.15, 0.2) is 18.2 Å². The normalized spacial score (nSPS) is 16.3. The van der Waals surface area contributed by atoms with Gasteiger partial charge < -0.3 is 0 Å². The fourth-order valence-electron chi connectivity index (χ4n) is 2.46. The highest BCUT2D eigenvalue weighted by Crippen LogP contribution is 2.38. The highest BCUT2D eigenvalue weighted by atomic mass is 19.4. The van der Waals surface area contributed by atoms with Crippen molar-refractivity contribution in [1.29, 1.82) is 0 Å². The lowest BCUT2D eigenvalue weighted by molar-refractivity contribution is -0.138. The summed E-state index contributed by atoms with van der Waals surface area (Å²) in [6.07, 6.45) is 0.110. The lowest BCUT2D eigenvalue weighted by Crippen LogP contribution is -2.08. The van der Waals surface area contributed by atoms with E-state index in [1.807, 2.05) is 19.9 Å². The van der Waals surface area contributed by atoms with Crippen molar-refractivity contribution in [1.82, 2.24) is 0 Å². The van der Waals surface area contributed by atoms with E-state index in [1.165, 1.54) is 13.0 Å². The second-order valence-electron chi connectivity index (χ2n) is 4.55. The van der Waals surface area contributed by atoms with Crippen LogP contribution in [0.5, 0.6) is 0 Å². The zero-order chi connectivity index (χ0) is 13.8. The second kappa shape index (κ2) is 6.26. The zero-order valence-corrected chi connectivity index (χ0v) is 11.3. The number of hydrogen-bond donors (Lipinski definition) is 0. The first-order valence-electron chi connectivity index (χ1n) is 6.66. The van der Waals surface area contributed by atoms with Crippen molar-refractivity contribution in [2.24, 2.45) is 0 Å². The second-order valence-corrected chi connectivity index (χ2v) is 4.55. The Morgan fingerprint density at radius 3 is 2.11 bits per heavy atom. The van der Waals surface area contributed by atoms with Gasteiger partial charge in [0.2, 0.25) is 0 Å². The van der Waals surface area contributed by atoms with E-state index in [9.17, 15) is 13.2 Å². The molecule has 0 spiro atoms. The van der Waals surface area contributed by atoms with Gasteiger partial charge in [-0.3, -0.25) is 0 Å². The Bertz CT molecular complexity index is 374. The molecule has 0 radical (unpaired) electrons. The molecule has 1 aromatic rings.